The van der Waals surface area contributed by atoms with Crippen LogP contribution < -0.4 is 9.62 Å². The van der Waals surface area contributed by atoms with E-state index in [2.05, 4.69) is 5.32 Å². The Bertz CT molecular complexity index is 868. The molecule has 0 bridgehead atoms. The largest absolute Gasteiger partial charge is 0.350 e. The summed E-state index contributed by atoms with van der Waals surface area (Å²) in [5, 5.41) is 2.71. The number of rotatable bonds is 6. The summed E-state index contributed by atoms with van der Waals surface area (Å²) in [5.74, 6) is -1.21. The van der Waals surface area contributed by atoms with Crippen molar-refractivity contribution in [2.24, 2.45) is 0 Å². The first-order chi connectivity index (χ1) is 11.7. The number of nitrogens with zero attached hydrogens (tertiary/aromatic N) is 1. The fourth-order valence-corrected chi connectivity index (χ4v) is 3.73. The molecule has 2 aromatic carbocycles. The van der Waals surface area contributed by atoms with Crippen molar-refractivity contribution in [3.63, 3.8) is 0 Å². The van der Waals surface area contributed by atoms with Gasteiger partial charge in [0.15, 0.2) is 0 Å². The molecule has 1 N–H and O–H groups in total. The highest BCUT2D eigenvalue weighted by molar-refractivity contribution is 7.92. The van der Waals surface area contributed by atoms with Crippen LogP contribution in [0.4, 0.5) is 10.1 Å². The van der Waals surface area contributed by atoms with Gasteiger partial charge in [-0.15, -0.1) is 0 Å². The summed E-state index contributed by atoms with van der Waals surface area (Å²) in [6.45, 7) is 3.62. The van der Waals surface area contributed by atoms with Crippen molar-refractivity contribution in [3.05, 3.63) is 65.5 Å². The number of para-hydroxylation sites is 1. The molecule has 0 saturated heterocycles. The molecule has 0 heterocycles. The van der Waals surface area contributed by atoms with Gasteiger partial charge in [0.1, 0.15) is 11.9 Å². The van der Waals surface area contributed by atoms with E-state index in [4.69, 9.17) is 0 Å². The van der Waals surface area contributed by atoms with Crippen molar-refractivity contribution in [1.29, 1.82) is 0 Å². The van der Waals surface area contributed by atoms with E-state index in [1.54, 1.807) is 0 Å². The van der Waals surface area contributed by atoms with Crippen molar-refractivity contribution < 1.29 is 17.6 Å². The van der Waals surface area contributed by atoms with E-state index in [0.29, 0.717) is 0 Å². The molecule has 0 fully saturated rings. The van der Waals surface area contributed by atoms with Crippen LogP contribution >= 0.6 is 0 Å². The van der Waals surface area contributed by atoms with E-state index in [-0.39, 0.29) is 12.2 Å². The molecule has 134 valence electrons. The predicted octanol–water partition coefficient (Wildman–Crippen LogP) is 2.61. The highest BCUT2D eigenvalue weighted by Crippen LogP contribution is 2.24. The Labute approximate surface area is 147 Å². The lowest BCUT2D eigenvalue weighted by Crippen LogP contribution is -2.48. The van der Waals surface area contributed by atoms with Crippen LogP contribution in [0.25, 0.3) is 0 Å². The van der Waals surface area contributed by atoms with Crippen LogP contribution in [0.5, 0.6) is 0 Å². The zero-order chi connectivity index (χ0) is 18.6. The second-order valence-corrected chi connectivity index (χ2v) is 7.69. The number of hydrogen-bond donors (Lipinski definition) is 1. The first-order valence-corrected chi connectivity index (χ1v) is 9.63. The van der Waals surface area contributed by atoms with Crippen LogP contribution in [0.3, 0.4) is 0 Å². The quantitative estimate of drug-likeness (QED) is 0.857. The number of anilines is 1. The second-order valence-electron chi connectivity index (χ2n) is 5.83. The molecular weight excluding hydrogens is 343 g/mol. The molecule has 2 aromatic rings. The number of sulfonamides is 1. The van der Waals surface area contributed by atoms with E-state index in [9.17, 15) is 17.6 Å². The van der Waals surface area contributed by atoms with Gasteiger partial charge < -0.3 is 5.32 Å². The topological polar surface area (TPSA) is 66.5 Å². The van der Waals surface area contributed by atoms with Crippen molar-refractivity contribution in [1.82, 2.24) is 5.32 Å². The molecular formula is C18H21FN2O3S. The van der Waals surface area contributed by atoms with Crippen molar-refractivity contribution in [2.45, 2.75) is 26.4 Å². The van der Waals surface area contributed by atoms with E-state index >= 15 is 0 Å². The Hall–Kier alpha value is -2.41. The van der Waals surface area contributed by atoms with Gasteiger partial charge in [-0.3, -0.25) is 9.10 Å². The molecule has 0 aliphatic heterocycles. The average molecular weight is 364 g/mol. The molecule has 0 aliphatic rings. The Kier molecular flexibility index (Phi) is 5.79. The minimum atomic E-state index is -3.84. The summed E-state index contributed by atoms with van der Waals surface area (Å²) < 4.78 is 39.1. The van der Waals surface area contributed by atoms with Gasteiger partial charge in [0.25, 0.3) is 0 Å². The number of hydrogen-bond acceptors (Lipinski definition) is 3. The third kappa shape index (κ3) is 4.57. The maximum atomic E-state index is 14.1. The molecule has 0 radical (unpaired) electrons. The van der Waals surface area contributed by atoms with E-state index in [0.717, 1.165) is 27.8 Å². The van der Waals surface area contributed by atoms with Crippen molar-refractivity contribution >= 4 is 21.6 Å². The molecule has 1 amide bonds. The van der Waals surface area contributed by atoms with Gasteiger partial charge in [0, 0.05) is 6.54 Å². The molecule has 5 nitrogen and oxygen atoms in total. The van der Waals surface area contributed by atoms with Gasteiger partial charge in [0.05, 0.1) is 11.9 Å². The van der Waals surface area contributed by atoms with Gasteiger partial charge in [-0.05, 0) is 37.1 Å². The zero-order valence-corrected chi connectivity index (χ0v) is 15.2. The first kappa shape index (κ1) is 18.9. The number of carbonyl (C=O) groups is 1. The molecule has 0 spiro atoms. The Morgan fingerprint density at radius 2 is 1.76 bits per heavy atom. The molecule has 1 unspecified atom stereocenters. The minimum absolute atomic E-state index is 0.149. The number of halogens is 1. The minimum Gasteiger partial charge on any atom is -0.350 e. The SMILES string of the molecule is Cc1ccccc1CNC(=O)C(C)N(c1ccccc1F)S(C)(=O)=O. The molecule has 2 rings (SSSR count). The maximum absolute atomic E-state index is 14.1. The van der Waals surface area contributed by atoms with E-state index in [1.807, 2.05) is 31.2 Å². The molecule has 7 heteroatoms. The van der Waals surface area contributed by atoms with Crippen LogP contribution in [0, 0.1) is 12.7 Å². The molecule has 1 atom stereocenters. The monoisotopic (exact) mass is 364 g/mol. The summed E-state index contributed by atoms with van der Waals surface area (Å²) in [6, 6.07) is 11.9. The summed E-state index contributed by atoms with van der Waals surface area (Å²) in [5.41, 5.74) is 1.80. The van der Waals surface area contributed by atoms with Crippen LogP contribution in [-0.2, 0) is 21.4 Å². The van der Waals surface area contributed by atoms with Gasteiger partial charge in [-0.2, -0.15) is 0 Å². The zero-order valence-electron chi connectivity index (χ0n) is 14.4. The Balaban J connectivity index is 2.22. The van der Waals surface area contributed by atoms with E-state index in [1.165, 1.54) is 25.1 Å². The summed E-state index contributed by atoms with van der Waals surface area (Å²) in [7, 11) is -3.84. The number of benzene rings is 2. The number of amides is 1. The van der Waals surface area contributed by atoms with Crippen LogP contribution in [0.1, 0.15) is 18.1 Å². The lowest BCUT2D eigenvalue weighted by Gasteiger charge is -2.28. The standard InChI is InChI=1S/C18H21FN2O3S/c1-13-8-4-5-9-15(13)12-20-18(22)14(2)21(25(3,23)24)17-11-7-6-10-16(17)19/h4-11,14H,12H2,1-3H3,(H,20,22). The molecule has 25 heavy (non-hydrogen) atoms. The maximum Gasteiger partial charge on any atom is 0.243 e. The second kappa shape index (κ2) is 7.65. The normalized spacial score (nSPS) is 12.5. The highest BCUT2D eigenvalue weighted by Gasteiger charge is 2.30. The first-order valence-electron chi connectivity index (χ1n) is 7.78. The van der Waals surface area contributed by atoms with Crippen molar-refractivity contribution in [2.75, 3.05) is 10.6 Å². The van der Waals surface area contributed by atoms with E-state index < -0.39 is 27.8 Å². The Morgan fingerprint density at radius 3 is 2.36 bits per heavy atom. The van der Waals surface area contributed by atoms with Crippen LogP contribution in [0.2, 0.25) is 0 Å². The van der Waals surface area contributed by atoms with Gasteiger partial charge in [0.2, 0.25) is 15.9 Å². The number of carbonyl (C=O) groups excluding carboxylic acids is 1. The number of aryl methyl sites for hydroxylation is 1. The van der Waals surface area contributed by atoms with Gasteiger partial charge >= 0.3 is 0 Å². The summed E-state index contributed by atoms with van der Waals surface area (Å²) >= 11 is 0. The van der Waals surface area contributed by atoms with Gasteiger partial charge in [-0.25, -0.2) is 12.8 Å². The summed E-state index contributed by atoms with van der Waals surface area (Å²) in [6.07, 6.45) is 0.949. The average Bonchev–Trinajstić information content (AvgIpc) is 2.54. The lowest BCUT2D eigenvalue weighted by atomic mass is 10.1. The molecule has 0 aliphatic carbocycles. The molecule has 0 aromatic heterocycles. The van der Waals surface area contributed by atoms with Crippen LogP contribution in [0.15, 0.2) is 48.5 Å². The fourth-order valence-electron chi connectivity index (χ4n) is 2.55. The predicted molar refractivity (Wildman–Crippen MR) is 96.2 cm³/mol. The smallest absolute Gasteiger partial charge is 0.243 e. The third-order valence-corrected chi connectivity index (χ3v) is 5.12. The number of nitrogens with one attached hydrogen (secondary N) is 1. The fraction of sp³-hybridized carbons (Fsp3) is 0.278. The lowest BCUT2D eigenvalue weighted by molar-refractivity contribution is -0.122. The third-order valence-electron chi connectivity index (χ3n) is 3.89. The van der Waals surface area contributed by atoms with Crippen molar-refractivity contribution in [3.8, 4) is 0 Å². The Morgan fingerprint density at radius 1 is 1.16 bits per heavy atom. The molecule has 0 saturated carbocycles. The summed E-state index contributed by atoms with van der Waals surface area (Å²) in [4.78, 5) is 12.5. The highest BCUT2D eigenvalue weighted by atomic mass is 32.2. The van der Waals surface area contributed by atoms with Crippen LogP contribution in [-0.4, -0.2) is 26.6 Å². The van der Waals surface area contributed by atoms with Gasteiger partial charge in [-0.1, -0.05) is 36.4 Å².